The van der Waals surface area contributed by atoms with E-state index >= 15 is 0 Å². The molecular weight excluding hydrogens is 443 g/mol. The highest BCUT2D eigenvalue weighted by Crippen LogP contribution is 2.47. The third-order valence-corrected chi connectivity index (χ3v) is 7.21. The van der Waals surface area contributed by atoms with Gasteiger partial charge in [-0.1, -0.05) is 24.3 Å². The number of ether oxygens (including phenoxy) is 1. The summed E-state index contributed by atoms with van der Waals surface area (Å²) in [5.74, 6) is 0.875. The minimum absolute atomic E-state index is 0.133. The zero-order valence-electron chi connectivity index (χ0n) is 19.7. The normalized spacial score (nSPS) is 23.4. The molecule has 1 fully saturated rings. The molecule has 6 nitrogen and oxygen atoms in total. The quantitative estimate of drug-likeness (QED) is 0.526. The van der Waals surface area contributed by atoms with Crippen molar-refractivity contribution in [1.82, 2.24) is 20.5 Å². The number of pyridine rings is 1. The van der Waals surface area contributed by atoms with Crippen LogP contribution in [0.5, 0.6) is 0 Å². The lowest BCUT2D eigenvalue weighted by Crippen LogP contribution is -2.44. The zero-order chi connectivity index (χ0) is 24.2. The summed E-state index contributed by atoms with van der Waals surface area (Å²) in [6.45, 7) is 2.19. The highest BCUT2D eigenvalue weighted by atomic mass is 19.1. The summed E-state index contributed by atoms with van der Waals surface area (Å²) in [4.78, 5) is 16.5. The highest BCUT2D eigenvalue weighted by Gasteiger charge is 2.40. The van der Waals surface area contributed by atoms with Crippen molar-refractivity contribution in [2.45, 2.75) is 44.6 Å². The number of carbonyl (C=O) groups is 1. The van der Waals surface area contributed by atoms with Gasteiger partial charge >= 0.3 is 6.09 Å². The van der Waals surface area contributed by atoms with Gasteiger partial charge < -0.3 is 10.1 Å². The molecule has 4 atom stereocenters. The summed E-state index contributed by atoms with van der Waals surface area (Å²) in [5, 5.41) is 11.3. The summed E-state index contributed by atoms with van der Waals surface area (Å²) in [7, 11) is 0. The van der Waals surface area contributed by atoms with Crippen LogP contribution in [0.1, 0.15) is 48.9 Å². The van der Waals surface area contributed by atoms with Crippen molar-refractivity contribution in [1.29, 1.82) is 0 Å². The molecule has 0 bridgehead atoms. The van der Waals surface area contributed by atoms with E-state index in [2.05, 4.69) is 32.7 Å². The van der Waals surface area contributed by atoms with Crippen LogP contribution < -0.4 is 5.32 Å². The van der Waals surface area contributed by atoms with E-state index in [0.29, 0.717) is 18.4 Å². The number of hydrogen-bond donors (Lipinski definition) is 1. The predicted octanol–water partition coefficient (Wildman–Crippen LogP) is 5.56. The second-order valence-corrected chi connectivity index (χ2v) is 9.34. The van der Waals surface area contributed by atoms with Crippen LogP contribution in [0.25, 0.3) is 17.2 Å². The predicted molar refractivity (Wildman–Crippen MR) is 132 cm³/mol. The van der Waals surface area contributed by atoms with Gasteiger partial charge in [0.25, 0.3) is 0 Å². The lowest BCUT2D eigenvalue weighted by molar-refractivity contribution is 0.129. The second kappa shape index (κ2) is 10.3. The third-order valence-electron chi connectivity index (χ3n) is 7.21. The van der Waals surface area contributed by atoms with Crippen molar-refractivity contribution in [2.75, 3.05) is 6.61 Å². The topological polar surface area (TPSA) is 77.0 Å². The number of fused-ring (bicyclic) bond motifs is 2. The van der Waals surface area contributed by atoms with Gasteiger partial charge in [0.2, 0.25) is 0 Å². The van der Waals surface area contributed by atoms with Crippen LogP contribution in [0.2, 0.25) is 0 Å². The van der Waals surface area contributed by atoms with Crippen LogP contribution in [0.3, 0.4) is 0 Å². The second-order valence-electron chi connectivity index (χ2n) is 9.34. The molecule has 35 heavy (non-hydrogen) atoms. The van der Waals surface area contributed by atoms with Crippen LogP contribution >= 0.6 is 0 Å². The fourth-order valence-electron chi connectivity index (χ4n) is 5.60. The number of nitrogens with one attached hydrogen (secondary N) is 1. The number of nitrogens with zero attached hydrogens (tertiary/aromatic N) is 3. The number of aromatic nitrogens is 3. The number of amides is 1. The van der Waals surface area contributed by atoms with Gasteiger partial charge in [-0.2, -0.15) is 10.2 Å². The fraction of sp³-hybridized carbons (Fsp3) is 0.357. The molecule has 5 rings (SSSR count). The molecule has 1 N–H and O–H groups in total. The van der Waals surface area contributed by atoms with Crippen LogP contribution in [0.4, 0.5) is 9.18 Å². The van der Waals surface area contributed by atoms with E-state index in [4.69, 9.17) is 4.74 Å². The third kappa shape index (κ3) is 5.24. The van der Waals surface area contributed by atoms with Gasteiger partial charge in [-0.3, -0.25) is 4.98 Å². The first-order chi connectivity index (χ1) is 17.1. The maximum atomic E-state index is 13.6. The number of halogens is 1. The van der Waals surface area contributed by atoms with Gasteiger partial charge in [0.15, 0.2) is 0 Å². The van der Waals surface area contributed by atoms with Crippen molar-refractivity contribution >= 4 is 12.2 Å². The lowest BCUT2D eigenvalue weighted by Gasteiger charge is -2.43. The number of hydrogen-bond acceptors (Lipinski definition) is 5. The SMILES string of the molecule is CCOC(=O)N[C@H]1CC[C@@H]2[C@H](Cc3cnncc3[C@H]2/C=C/c2ccc(-c3cccc(F)c3)cn2)C1. The number of alkyl carbamates (subject to hydrolysis) is 1. The van der Waals surface area contributed by atoms with E-state index in [1.807, 2.05) is 37.5 Å². The Bertz CT molecular complexity index is 1210. The van der Waals surface area contributed by atoms with E-state index < -0.39 is 0 Å². The molecule has 0 aliphatic heterocycles. The summed E-state index contributed by atoms with van der Waals surface area (Å²) in [6, 6.07) is 10.6. The molecule has 2 aliphatic carbocycles. The molecule has 7 heteroatoms. The number of rotatable bonds is 5. The first kappa shape index (κ1) is 23.1. The van der Waals surface area contributed by atoms with E-state index in [1.165, 1.54) is 23.3 Å². The smallest absolute Gasteiger partial charge is 0.407 e. The maximum absolute atomic E-state index is 13.6. The average Bonchev–Trinajstić information content (AvgIpc) is 2.87. The molecule has 1 amide bonds. The molecule has 0 saturated heterocycles. The van der Waals surface area contributed by atoms with E-state index in [1.54, 1.807) is 12.3 Å². The fourth-order valence-corrected chi connectivity index (χ4v) is 5.60. The van der Waals surface area contributed by atoms with Crippen molar-refractivity contribution in [3.05, 3.63) is 83.7 Å². The minimum atomic E-state index is -0.331. The molecule has 0 unspecified atom stereocenters. The Morgan fingerprint density at radius 1 is 1.14 bits per heavy atom. The molecule has 3 aromatic rings. The van der Waals surface area contributed by atoms with E-state index in [0.717, 1.165) is 42.5 Å². The van der Waals surface area contributed by atoms with Gasteiger partial charge in [0.05, 0.1) is 24.7 Å². The van der Waals surface area contributed by atoms with Gasteiger partial charge in [-0.05, 0) is 85.4 Å². The molecule has 0 spiro atoms. The van der Waals surface area contributed by atoms with Gasteiger partial charge in [0, 0.05) is 23.7 Å². The summed E-state index contributed by atoms with van der Waals surface area (Å²) in [5.41, 5.74) is 5.00. The summed E-state index contributed by atoms with van der Waals surface area (Å²) < 4.78 is 18.7. The first-order valence-corrected chi connectivity index (χ1v) is 12.2. The average molecular weight is 473 g/mol. The first-order valence-electron chi connectivity index (χ1n) is 12.2. The Morgan fingerprint density at radius 2 is 2.03 bits per heavy atom. The maximum Gasteiger partial charge on any atom is 0.407 e. The Balaban J connectivity index is 1.34. The van der Waals surface area contributed by atoms with Crippen molar-refractivity contribution in [3.63, 3.8) is 0 Å². The number of carbonyl (C=O) groups excluding carboxylic acids is 1. The Kier molecular flexibility index (Phi) is 6.84. The Labute approximate surface area is 204 Å². The largest absolute Gasteiger partial charge is 0.450 e. The molecule has 180 valence electrons. The monoisotopic (exact) mass is 472 g/mol. The van der Waals surface area contributed by atoms with Gasteiger partial charge in [-0.25, -0.2) is 9.18 Å². The summed E-state index contributed by atoms with van der Waals surface area (Å²) >= 11 is 0. The van der Waals surface area contributed by atoms with Crippen molar-refractivity contribution in [3.8, 4) is 11.1 Å². The molecule has 1 aromatic carbocycles. The van der Waals surface area contributed by atoms with E-state index in [-0.39, 0.29) is 23.9 Å². The molecule has 0 radical (unpaired) electrons. The lowest BCUT2D eigenvalue weighted by atomic mass is 9.63. The highest BCUT2D eigenvalue weighted by molar-refractivity contribution is 5.67. The number of benzene rings is 1. The number of allylic oxidation sites excluding steroid dienone is 1. The molecular formula is C28H29FN4O2. The van der Waals surface area contributed by atoms with Crippen molar-refractivity contribution in [2.24, 2.45) is 11.8 Å². The van der Waals surface area contributed by atoms with Crippen LogP contribution in [-0.4, -0.2) is 33.9 Å². The standard InChI is InChI=1S/C28H29FN4O2/c1-2-35-28(34)33-24-9-10-25-20(14-24)12-21-16-31-32-17-27(21)26(25)11-8-23-7-6-19(15-30-23)18-4-3-5-22(29)13-18/h3-8,11,13,15-17,20,24-26H,2,9-10,12,14H2,1H3,(H,33,34)/b11-8+/t20-,24+,25-,26+/m1/s1. The molecule has 1 saturated carbocycles. The molecule has 2 aromatic heterocycles. The van der Waals surface area contributed by atoms with Gasteiger partial charge in [0.1, 0.15) is 5.82 Å². The minimum Gasteiger partial charge on any atom is -0.450 e. The zero-order valence-corrected chi connectivity index (χ0v) is 19.7. The van der Waals surface area contributed by atoms with Gasteiger partial charge in [-0.15, -0.1) is 0 Å². The van der Waals surface area contributed by atoms with E-state index in [9.17, 15) is 9.18 Å². The Hall–Kier alpha value is -3.61. The summed E-state index contributed by atoms with van der Waals surface area (Å²) in [6.07, 6.45) is 13.3. The Morgan fingerprint density at radius 3 is 2.83 bits per heavy atom. The van der Waals surface area contributed by atoms with Crippen LogP contribution in [0, 0.1) is 17.7 Å². The van der Waals surface area contributed by atoms with Crippen LogP contribution in [-0.2, 0) is 11.2 Å². The molecule has 2 heterocycles. The van der Waals surface area contributed by atoms with Crippen LogP contribution in [0.15, 0.2) is 61.1 Å². The molecule has 2 aliphatic rings. The van der Waals surface area contributed by atoms with Crippen molar-refractivity contribution < 1.29 is 13.9 Å².